The molecule has 3 rings (SSSR count). The van der Waals surface area contributed by atoms with E-state index < -0.39 is 0 Å². The Morgan fingerprint density at radius 2 is 2.15 bits per heavy atom. The average Bonchev–Trinajstić information content (AvgIpc) is 3.03. The van der Waals surface area contributed by atoms with E-state index in [4.69, 9.17) is 23.2 Å². The van der Waals surface area contributed by atoms with Crippen LogP contribution in [-0.2, 0) is 11.2 Å². The molecule has 0 bridgehead atoms. The van der Waals surface area contributed by atoms with Gasteiger partial charge in [-0.25, -0.2) is 4.98 Å². The van der Waals surface area contributed by atoms with Crippen molar-refractivity contribution in [3.63, 3.8) is 0 Å². The summed E-state index contributed by atoms with van der Waals surface area (Å²) in [7, 11) is 0. The lowest BCUT2D eigenvalue weighted by molar-refractivity contribution is -0.115. The number of benzene rings is 1. The first-order valence-corrected chi connectivity index (χ1v) is 8.15. The molecular weight excluding hydrogens is 335 g/mol. The molecule has 0 unspecified atom stereocenters. The fourth-order valence-corrected chi connectivity index (χ4v) is 3.74. The summed E-state index contributed by atoms with van der Waals surface area (Å²) in [5.74, 6) is -0.0891. The number of hydrogen-bond acceptors (Lipinski definition) is 4. The molecule has 102 valence electrons. The van der Waals surface area contributed by atoms with Crippen LogP contribution in [0.2, 0.25) is 10.0 Å². The molecule has 3 aromatic rings. The first-order chi connectivity index (χ1) is 9.63. The Hall–Kier alpha value is -1.14. The molecule has 0 atom stereocenters. The maximum absolute atomic E-state index is 11.9. The van der Waals surface area contributed by atoms with E-state index >= 15 is 0 Å². The van der Waals surface area contributed by atoms with Crippen LogP contribution in [0, 0.1) is 0 Å². The monoisotopic (exact) mass is 342 g/mol. The number of nitrogens with one attached hydrogen (secondary N) is 1. The van der Waals surface area contributed by atoms with Gasteiger partial charge in [-0.1, -0.05) is 40.6 Å². The van der Waals surface area contributed by atoms with Crippen molar-refractivity contribution >= 4 is 67.1 Å². The second-order valence-electron chi connectivity index (χ2n) is 4.03. The maximum atomic E-state index is 11.9. The summed E-state index contributed by atoms with van der Waals surface area (Å²) >= 11 is 15.0. The van der Waals surface area contributed by atoms with Gasteiger partial charge in [0, 0.05) is 4.88 Å². The molecule has 1 N–H and O–H groups in total. The Labute approximate surface area is 133 Å². The zero-order valence-electron chi connectivity index (χ0n) is 10.0. The second kappa shape index (κ2) is 5.69. The van der Waals surface area contributed by atoms with E-state index in [1.807, 2.05) is 23.6 Å². The standard InChI is InChI=1S/C13H8Cl2N2OS2/c14-8-3-4-9-12(11(8)15)17-13(20-9)16-10(18)6-7-2-1-5-19-7/h1-5H,6H2,(H,16,17,18). The van der Waals surface area contributed by atoms with Crippen molar-refractivity contribution < 1.29 is 4.79 Å². The highest BCUT2D eigenvalue weighted by Crippen LogP contribution is 2.35. The molecule has 7 heteroatoms. The van der Waals surface area contributed by atoms with E-state index in [2.05, 4.69) is 10.3 Å². The molecule has 20 heavy (non-hydrogen) atoms. The van der Waals surface area contributed by atoms with Gasteiger partial charge in [0.25, 0.3) is 0 Å². The predicted molar refractivity (Wildman–Crippen MR) is 86.3 cm³/mol. The number of halogens is 2. The Bertz CT molecular complexity index is 768. The SMILES string of the molecule is O=C(Cc1cccs1)Nc1nc2c(Cl)c(Cl)ccc2s1. The third kappa shape index (κ3) is 2.81. The molecule has 0 aliphatic carbocycles. The molecule has 0 radical (unpaired) electrons. The number of aromatic nitrogens is 1. The number of carbonyl (C=O) groups excluding carboxylic acids is 1. The third-order valence-electron chi connectivity index (χ3n) is 2.61. The van der Waals surface area contributed by atoms with Crippen LogP contribution in [0.4, 0.5) is 5.13 Å². The number of nitrogens with zero attached hydrogens (tertiary/aromatic N) is 1. The summed E-state index contributed by atoms with van der Waals surface area (Å²) in [5.41, 5.74) is 0.621. The van der Waals surface area contributed by atoms with Crippen molar-refractivity contribution in [1.82, 2.24) is 4.98 Å². The molecule has 0 fully saturated rings. The highest BCUT2D eigenvalue weighted by molar-refractivity contribution is 7.22. The van der Waals surface area contributed by atoms with E-state index in [-0.39, 0.29) is 5.91 Å². The number of amides is 1. The van der Waals surface area contributed by atoms with Crippen molar-refractivity contribution in [1.29, 1.82) is 0 Å². The molecule has 1 aromatic carbocycles. The van der Waals surface area contributed by atoms with Crippen LogP contribution >= 0.6 is 45.9 Å². The number of rotatable bonds is 3. The van der Waals surface area contributed by atoms with E-state index in [0.29, 0.717) is 27.1 Å². The lowest BCUT2D eigenvalue weighted by atomic mass is 10.3. The minimum Gasteiger partial charge on any atom is -0.302 e. The van der Waals surface area contributed by atoms with Crippen LogP contribution < -0.4 is 5.32 Å². The van der Waals surface area contributed by atoms with Crippen molar-refractivity contribution in [2.45, 2.75) is 6.42 Å². The van der Waals surface area contributed by atoms with Crippen LogP contribution in [0.15, 0.2) is 29.6 Å². The summed E-state index contributed by atoms with van der Waals surface area (Å²) in [6.45, 7) is 0. The van der Waals surface area contributed by atoms with Gasteiger partial charge in [0.2, 0.25) is 5.91 Å². The zero-order valence-corrected chi connectivity index (χ0v) is 13.2. The van der Waals surface area contributed by atoms with Crippen LogP contribution in [0.3, 0.4) is 0 Å². The topological polar surface area (TPSA) is 42.0 Å². The van der Waals surface area contributed by atoms with Gasteiger partial charge < -0.3 is 5.32 Å². The fourth-order valence-electron chi connectivity index (χ4n) is 1.73. The summed E-state index contributed by atoms with van der Waals surface area (Å²) in [5, 5.41) is 6.14. The van der Waals surface area contributed by atoms with Crippen LogP contribution in [0.5, 0.6) is 0 Å². The third-order valence-corrected chi connectivity index (χ3v) is 5.22. The summed E-state index contributed by atoms with van der Waals surface area (Å²) in [4.78, 5) is 17.2. The minimum atomic E-state index is -0.0891. The zero-order chi connectivity index (χ0) is 14.1. The quantitative estimate of drug-likeness (QED) is 0.739. The van der Waals surface area contributed by atoms with E-state index in [0.717, 1.165) is 9.58 Å². The van der Waals surface area contributed by atoms with Gasteiger partial charge in [0.1, 0.15) is 5.52 Å². The molecule has 2 heterocycles. The largest absolute Gasteiger partial charge is 0.302 e. The van der Waals surface area contributed by atoms with Gasteiger partial charge in [0.05, 0.1) is 21.2 Å². The van der Waals surface area contributed by atoms with Crippen LogP contribution in [0.25, 0.3) is 10.2 Å². The van der Waals surface area contributed by atoms with Crippen molar-refractivity contribution in [3.05, 3.63) is 44.6 Å². The normalized spacial score (nSPS) is 10.9. The minimum absolute atomic E-state index is 0.0891. The molecule has 1 amide bonds. The first kappa shape index (κ1) is 13.8. The van der Waals surface area contributed by atoms with Crippen molar-refractivity contribution in [3.8, 4) is 0 Å². The molecular formula is C13H8Cl2N2OS2. The molecule has 0 saturated carbocycles. The molecule has 0 aliphatic rings. The summed E-state index contributed by atoms with van der Waals surface area (Å²) < 4.78 is 0.894. The first-order valence-electron chi connectivity index (χ1n) is 5.70. The lowest BCUT2D eigenvalue weighted by Gasteiger charge is -1.98. The van der Waals surface area contributed by atoms with Crippen LogP contribution in [-0.4, -0.2) is 10.9 Å². The predicted octanol–water partition coefficient (Wildman–Crippen LogP) is 4.85. The van der Waals surface area contributed by atoms with Gasteiger partial charge in [-0.15, -0.1) is 11.3 Å². The van der Waals surface area contributed by atoms with E-state index in [9.17, 15) is 4.79 Å². The highest BCUT2D eigenvalue weighted by atomic mass is 35.5. The Balaban J connectivity index is 1.81. The Morgan fingerprint density at radius 1 is 1.30 bits per heavy atom. The number of anilines is 1. The number of thiazole rings is 1. The molecule has 0 aliphatic heterocycles. The highest BCUT2D eigenvalue weighted by Gasteiger charge is 2.12. The van der Waals surface area contributed by atoms with Crippen molar-refractivity contribution in [2.75, 3.05) is 5.32 Å². The lowest BCUT2D eigenvalue weighted by Crippen LogP contribution is -2.13. The molecule has 2 aromatic heterocycles. The molecule has 3 nitrogen and oxygen atoms in total. The Kier molecular flexibility index (Phi) is 3.94. The maximum Gasteiger partial charge on any atom is 0.231 e. The van der Waals surface area contributed by atoms with E-state index in [1.165, 1.54) is 11.3 Å². The smallest absolute Gasteiger partial charge is 0.231 e. The number of hydrogen-bond donors (Lipinski definition) is 1. The van der Waals surface area contributed by atoms with Gasteiger partial charge in [0.15, 0.2) is 5.13 Å². The fraction of sp³-hybridized carbons (Fsp3) is 0.0769. The number of fused-ring (bicyclic) bond motifs is 1. The van der Waals surface area contributed by atoms with Crippen molar-refractivity contribution in [2.24, 2.45) is 0 Å². The van der Waals surface area contributed by atoms with Crippen LogP contribution in [0.1, 0.15) is 4.88 Å². The summed E-state index contributed by atoms with van der Waals surface area (Å²) in [6, 6.07) is 7.42. The van der Waals surface area contributed by atoms with Gasteiger partial charge >= 0.3 is 0 Å². The Morgan fingerprint density at radius 3 is 2.90 bits per heavy atom. The van der Waals surface area contributed by atoms with Gasteiger partial charge in [-0.3, -0.25) is 4.79 Å². The summed E-state index contributed by atoms with van der Waals surface area (Å²) in [6.07, 6.45) is 0.349. The second-order valence-corrected chi connectivity index (χ2v) is 6.88. The molecule has 0 spiro atoms. The molecule has 0 saturated heterocycles. The van der Waals surface area contributed by atoms with Gasteiger partial charge in [-0.05, 0) is 23.6 Å². The number of thiophene rings is 1. The average molecular weight is 343 g/mol. The number of carbonyl (C=O) groups is 1. The van der Waals surface area contributed by atoms with Gasteiger partial charge in [-0.2, -0.15) is 0 Å². The van der Waals surface area contributed by atoms with E-state index in [1.54, 1.807) is 17.4 Å².